The highest BCUT2D eigenvalue weighted by Gasteiger charge is 2.25. The number of fused-ring (bicyclic) bond motifs is 1. The van der Waals surface area contributed by atoms with Crippen molar-refractivity contribution in [3.63, 3.8) is 0 Å². The molecule has 0 fully saturated rings. The zero-order valence-electron chi connectivity index (χ0n) is 10.1. The summed E-state index contributed by atoms with van der Waals surface area (Å²) in [7, 11) is 0. The maximum Gasteiger partial charge on any atom is 0.133 e. The van der Waals surface area contributed by atoms with Crippen LogP contribution in [0.2, 0.25) is 5.02 Å². The van der Waals surface area contributed by atoms with Crippen LogP contribution >= 0.6 is 11.6 Å². The number of rotatable bonds is 1. The van der Waals surface area contributed by atoms with Crippen LogP contribution in [0.5, 0.6) is 0 Å². The van der Waals surface area contributed by atoms with Crippen LogP contribution in [0.4, 0.5) is 5.69 Å². The standard InChI is InChI=1S/C15H13ClN2/c1-10-8-12(16)6-7-14(10)18-9-11-4-2-3-5-13(11)15(18)17/h2-8,17H,9H2,1H3. The summed E-state index contributed by atoms with van der Waals surface area (Å²) in [6.45, 7) is 2.79. The number of aryl methyl sites for hydroxylation is 1. The van der Waals surface area contributed by atoms with Gasteiger partial charge in [-0.05, 0) is 36.2 Å². The average molecular weight is 257 g/mol. The van der Waals surface area contributed by atoms with Gasteiger partial charge in [-0.3, -0.25) is 5.41 Å². The summed E-state index contributed by atoms with van der Waals surface area (Å²) >= 11 is 5.98. The van der Waals surface area contributed by atoms with Gasteiger partial charge in [0.2, 0.25) is 0 Å². The summed E-state index contributed by atoms with van der Waals surface area (Å²) in [4.78, 5) is 2.02. The van der Waals surface area contributed by atoms with Crippen molar-refractivity contribution in [2.24, 2.45) is 0 Å². The molecular formula is C15H13ClN2. The predicted octanol–water partition coefficient (Wildman–Crippen LogP) is 3.99. The first-order valence-corrected chi connectivity index (χ1v) is 6.25. The average Bonchev–Trinajstić information content (AvgIpc) is 2.68. The van der Waals surface area contributed by atoms with Crippen molar-refractivity contribution in [2.75, 3.05) is 4.90 Å². The molecule has 90 valence electrons. The quantitative estimate of drug-likeness (QED) is 0.821. The van der Waals surface area contributed by atoms with Crippen molar-refractivity contribution in [3.8, 4) is 0 Å². The highest BCUT2D eigenvalue weighted by Crippen LogP contribution is 2.31. The lowest BCUT2D eigenvalue weighted by Gasteiger charge is -2.20. The number of halogens is 1. The summed E-state index contributed by atoms with van der Waals surface area (Å²) in [5.41, 5.74) is 4.38. The lowest BCUT2D eigenvalue weighted by Crippen LogP contribution is -2.23. The van der Waals surface area contributed by atoms with Crippen LogP contribution in [0, 0.1) is 12.3 Å². The molecule has 0 unspecified atom stereocenters. The van der Waals surface area contributed by atoms with Gasteiger partial charge < -0.3 is 4.90 Å². The van der Waals surface area contributed by atoms with E-state index in [4.69, 9.17) is 17.0 Å². The smallest absolute Gasteiger partial charge is 0.133 e. The molecule has 0 atom stereocenters. The molecule has 0 bridgehead atoms. The first-order chi connectivity index (χ1) is 8.66. The van der Waals surface area contributed by atoms with Crippen LogP contribution in [-0.2, 0) is 6.54 Å². The molecule has 0 aliphatic carbocycles. The topological polar surface area (TPSA) is 27.1 Å². The number of hydrogen-bond donors (Lipinski definition) is 1. The molecule has 1 aliphatic heterocycles. The zero-order valence-corrected chi connectivity index (χ0v) is 10.8. The largest absolute Gasteiger partial charge is 0.322 e. The van der Waals surface area contributed by atoms with Crippen LogP contribution in [0.25, 0.3) is 0 Å². The molecule has 0 spiro atoms. The third-order valence-corrected chi connectivity index (χ3v) is 3.56. The molecule has 3 heteroatoms. The van der Waals surface area contributed by atoms with Crippen molar-refractivity contribution >= 4 is 23.1 Å². The fraction of sp³-hybridized carbons (Fsp3) is 0.133. The third kappa shape index (κ3) is 1.70. The Balaban J connectivity index is 2.04. The number of hydrogen-bond acceptors (Lipinski definition) is 1. The summed E-state index contributed by atoms with van der Waals surface area (Å²) < 4.78 is 0. The van der Waals surface area contributed by atoms with Gasteiger partial charge in [-0.2, -0.15) is 0 Å². The van der Waals surface area contributed by atoms with Crippen LogP contribution in [0.1, 0.15) is 16.7 Å². The number of amidine groups is 1. The van der Waals surface area contributed by atoms with Crippen LogP contribution in [-0.4, -0.2) is 5.84 Å². The predicted molar refractivity (Wildman–Crippen MR) is 75.6 cm³/mol. The molecule has 0 amide bonds. The second kappa shape index (κ2) is 4.14. The Kier molecular flexibility index (Phi) is 2.60. The summed E-state index contributed by atoms with van der Waals surface area (Å²) in [5, 5.41) is 9.00. The van der Waals surface area contributed by atoms with Gasteiger partial charge in [-0.15, -0.1) is 0 Å². The number of anilines is 1. The Morgan fingerprint density at radius 2 is 1.94 bits per heavy atom. The van der Waals surface area contributed by atoms with Gasteiger partial charge >= 0.3 is 0 Å². The molecule has 2 nitrogen and oxygen atoms in total. The minimum absolute atomic E-state index is 0.566. The Morgan fingerprint density at radius 1 is 1.17 bits per heavy atom. The van der Waals surface area contributed by atoms with E-state index in [1.807, 2.05) is 48.2 Å². The molecule has 18 heavy (non-hydrogen) atoms. The van der Waals surface area contributed by atoms with E-state index in [1.165, 1.54) is 5.56 Å². The lowest BCUT2D eigenvalue weighted by molar-refractivity contribution is 1.04. The van der Waals surface area contributed by atoms with E-state index in [-0.39, 0.29) is 0 Å². The maximum absolute atomic E-state index is 8.27. The Hall–Kier alpha value is -1.80. The molecule has 0 saturated heterocycles. The van der Waals surface area contributed by atoms with Crippen LogP contribution in [0.15, 0.2) is 42.5 Å². The first kappa shape index (κ1) is 11.3. The van der Waals surface area contributed by atoms with Gasteiger partial charge in [0.05, 0.1) is 6.54 Å². The third-order valence-electron chi connectivity index (χ3n) is 3.32. The first-order valence-electron chi connectivity index (χ1n) is 5.87. The van der Waals surface area contributed by atoms with E-state index in [9.17, 15) is 0 Å². The Morgan fingerprint density at radius 3 is 2.67 bits per heavy atom. The molecule has 1 N–H and O–H groups in total. The van der Waals surface area contributed by atoms with E-state index in [0.717, 1.165) is 28.4 Å². The van der Waals surface area contributed by atoms with Gasteiger partial charge in [0.1, 0.15) is 5.84 Å². The summed E-state index contributed by atoms with van der Waals surface area (Å²) in [6.07, 6.45) is 0. The summed E-state index contributed by atoms with van der Waals surface area (Å²) in [6, 6.07) is 13.9. The molecule has 0 saturated carbocycles. The molecule has 3 rings (SSSR count). The normalized spacial score (nSPS) is 13.9. The van der Waals surface area contributed by atoms with Crippen LogP contribution in [0.3, 0.4) is 0 Å². The Bertz CT molecular complexity index is 634. The van der Waals surface area contributed by atoms with Crippen molar-refractivity contribution in [2.45, 2.75) is 13.5 Å². The van der Waals surface area contributed by atoms with E-state index in [1.54, 1.807) is 0 Å². The van der Waals surface area contributed by atoms with Gasteiger partial charge in [0, 0.05) is 16.3 Å². The fourth-order valence-corrected chi connectivity index (χ4v) is 2.64. The molecule has 0 radical (unpaired) electrons. The van der Waals surface area contributed by atoms with Gasteiger partial charge in [-0.1, -0.05) is 35.9 Å². The van der Waals surface area contributed by atoms with Crippen molar-refractivity contribution in [1.29, 1.82) is 5.41 Å². The molecular weight excluding hydrogens is 244 g/mol. The maximum atomic E-state index is 8.27. The second-order valence-corrected chi connectivity index (χ2v) is 4.96. The van der Waals surface area contributed by atoms with Gasteiger partial charge in [0.15, 0.2) is 0 Å². The van der Waals surface area contributed by atoms with Crippen molar-refractivity contribution in [1.82, 2.24) is 0 Å². The fourth-order valence-electron chi connectivity index (χ4n) is 2.41. The zero-order chi connectivity index (χ0) is 12.7. The minimum atomic E-state index is 0.566. The van der Waals surface area contributed by atoms with Crippen LogP contribution < -0.4 is 4.90 Å². The van der Waals surface area contributed by atoms with E-state index in [0.29, 0.717) is 5.84 Å². The summed E-state index contributed by atoms with van der Waals surface area (Å²) in [5.74, 6) is 0.566. The molecule has 1 aliphatic rings. The monoisotopic (exact) mass is 256 g/mol. The minimum Gasteiger partial charge on any atom is -0.322 e. The molecule has 1 heterocycles. The van der Waals surface area contributed by atoms with E-state index < -0.39 is 0 Å². The Labute approximate surface area is 111 Å². The van der Waals surface area contributed by atoms with Crippen molar-refractivity contribution < 1.29 is 0 Å². The highest BCUT2D eigenvalue weighted by molar-refractivity contribution is 6.30. The van der Waals surface area contributed by atoms with E-state index >= 15 is 0 Å². The molecule has 2 aromatic rings. The number of nitrogens with one attached hydrogen (secondary N) is 1. The lowest BCUT2D eigenvalue weighted by atomic mass is 10.1. The number of nitrogens with zero attached hydrogens (tertiary/aromatic N) is 1. The highest BCUT2D eigenvalue weighted by atomic mass is 35.5. The van der Waals surface area contributed by atoms with Crippen molar-refractivity contribution in [3.05, 3.63) is 64.2 Å². The second-order valence-electron chi connectivity index (χ2n) is 4.52. The number of benzene rings is 2. The molecule has 0 aromatic heterocycles. The van der Waals surface area contributed by atoms with Gasteiger partial charge in [-0.25, -0.2) is 0 Å². The molecule has 2 aromatic carbocycles. The van der Waals surface area contributed by atoms with Gasteiger partial charge in [0.25, 0.3) is 0 Å². The van der Waals surface area contributed by atoms with E-state index in [2.05, 4.69) is 6.07 Å². The SMILES string of the molecule is Cc1cc(Cl)ccc1N1Cc2ccccc2C1=N.